The van der Waals surface area contributed by atoms with E-state index < -0.39 is 0 Å². The van der Waals surface area contributed by atoms with Crippen molar-refractivity contribution in [1.82, 2.24) is 0 Å². The van der Waals surface area contributed by atoms with Gasteiger partial charge in [-0.3, -0.25) is 4.79 Å². The lowest BCUT2D eigenvalue weighted by Crippen LogP contribution is -2.06. The molecule has 0 saturated heterocycles. The van der Waals surface area contributed by atoms with Crippen molar-refractivity contribution in [3.8, 4) is 5.75 Å². The van der Waals surface area contributed by atoms with Crippen LogP contribution in [0.4, 0.5) is 0 Å². The maximum Gasteiger partial charge on any atom is 0.136 e. The van der Waals surface area contributed by atoms with E-state index in [4.69, 9.17) is 4.74 Å². The number of carbonyl (C=O) groups is 1. The summed E-state index contributed by atoms with van der Waals surface area (Å²) in [5.41, 5.74) is 3.81. The topological polar surface area (TPSA) is 26.3 Å². The predicted molar refractivity (Wildman–Crippen MR) is 68.4 cm³/mol. The summed E-state index contributed by atoms with van der Waals surface area (Å²) in [4.78, 5) is 11.2. The number of hydrogen-bond acceptors (Lipinski definition) is 2. The Kier molecular flexibility index (Phi) is 3.62. The van der Waals surface area contributed by atoms with Gasteiger partial charge in [0.05, 0.1) is 7.11 Å². The molecule has 0 aromatic heterocycles. The normalized spacial score (nSPS) is 15.6. The van der Waals surface area contributed by atoms with Crippen molar-refractivity contribution >= 4 is 5.78 Å². The van der Waals surface area contributed by atoms with Crippen LogP contribution in [0, 0.1) is 6.92 Å². The van der Waals surface area contributed by atoms with Gasteiger partial charge in [-0.2, -0.15) is 0 Å². The van der Waals surface area contributed by atoms with Crippen LogP contribution in [-0.2, 0) is 11.2 Å². The summed E-state index contributed by atoms with van der Waals surface area (Å²) in [5, 5.41) is 0. The molecule has 0 bridgehead atoms. The van der Waals surface area contributed by atoms with Crippen molar-refractivity contribution < 1.29 is 9.53 Å². The zero-order chi connectivity index (χ0) is 12.3. The fourth-order valence-corrected chi connectivity index (χ4v) is 2.21. The standard InChI is InChI=1S/C15H18O2/c1-11-3-8-15(17-2)13(9-11)10-12-4-6-14(16)7-5-12/h3-4,8-9H,5-7,10H2,1-2H3. The minimum absolute atomic E-state index is 0.352. The summed E-state index contributed by atoms with van der Waals surface area (Å²) in [6.45, 7) is 2.09. The largest absolute Gasteiger partial charge is 0.496 e. The molecule has 1 aromatic rings. The van der Waals surface area contributed by atoms with E-state index in [1.165, 1.54) is 16.7 Å². The quantitative estimate of drug-likeness (QED) is 0.745. The van der Waals surface area contributed by atoms with Gasteiger partial charge in [-0.15, -0.1) is 0 Å². The lowest BCUT2D eigenvalue weighted by Gasteiger charge is -2.14. The second-order valence-corrected chi connectivity index (χ2v) is 4.60. The Labute approximate surface area is 102 Å². The molecule has 0 heterocycles. The van der Waals surface area contributed by atoms with Crippen molar-refractivity contribution in [2.24, 2.45) is 0 Å². The van der Waals surface area contributed by atoms with Crippen LogP contribution in [-0.4, -0.2) is 12.9 Å². The van der Waals surface area contributed by atoms with Gasteiger partial charge in [0.15, 0.2) is 0 Å². The molecule has 0 fully saturated rings. The number of aryl methyl sites for hydroxylation is 1. The third-order valence-electron chi connectivity index (χ3n) is 3.20. The molecule has 1 aliphatic rings. The maximum absolute atomic E-state index is 11.2. The number of methoxy groups -OCH3 is 1. The molecule has 0 spiro atoms. The molecule has 0 saturated carbocycles. The first kappa shape index (κ1) is 11.9. The molecule has 2 nitrogen and oxygen atoms in total. The van der Waals surface area contributed by atoms with E-state index in [1.807, 2.05) is 6.07 Å². The Balaban J connectivity index is 2.18. The first-order valence-electron chi connectivity index (χ1n) is 6.02. The minimum Gasteiger partial charge on any atom is -0.496 e. The lowest BCUT2D eigenvalue weighted by atomic mass is 9.92. The van der Waals surface area contributed by atoms with E-state index in [-0.39, 0.29) is 0 Å². The molecule has 1 aromatic carbocycles. The van der Waals surface area contributed by atoms with Gasteiger partial charge >= 0.3 is 0 Å². The highest BCUT2D eigenvalue weighted by molar-refractivity contribution is 5.81. The summed E-state index contributed by atoms with van der Waals surface area (Å²) < 4.78 is 5.37. The molecular formula is C15H18O2. The predicted octanol–water partition coefficient (Wildman–Crippen LogP) is 3.23. The summed E-state index contributed by atoms with van der Waals surface area (Å²) in [7, 11) is 1.70. The molecule has 90 valence electrons. The van der Waals surface area contributed by atoms with Crippen LogP contribution in [0.3, 0.4) is 0 Å². The second kappa shape index (κ2) is 5.17. The highest BCUT2D eigenvalue weighted by atomic mass is 16.5. The van der Waals surface area contributed by atoms with Gasteiger partial charge in [0.25, 0.3) is 0 Å². The Bertz CT molecular complexity index is 458. The third-order valence-corrected chi connectivity index (χ3v) is 3.20. The molecule has 0 radical (unpaired) electrons. The van der Waals surface area contributed by atoms with Crippen molar-refractivity contribution in [2.45, 2.75) is 32.6 Å². The molecule has 0 N–H and O–H groups in total. The number of ketones is 1. The van der Waals surface area contributed by atoms with Gasteiger partial charge in [-0.05, 0) is 31.4 Å². The van der Waals surface area contributed by atoms with Crippen LogP contribution < -0.4 is 4.74 Å². The van der Waals surface area contributed by atoms with Gasteiger partial charge in [-0.1, -0.05) is 29.3 Å². The van der Waals surface area contributed by atoms with Crippen molar-refractivity contribution in [2.75, 3.05) is 7.11 Å². The average Bonchev–Trinajstić information content (AvgIpc) is 2.32. The smallest absolute Gasteiger partial charge is 0.136 e. The fraction of sp³-hybridized carbons (Fsp3) is 0.400. The van der Waals surface area contributed by atoms with Gasteiger partial charge < -0.3 is 4.74 Å². The highest BCUT2D eigenvalue weighted by Crippen LogP contribution is 2.26. The molecule has 0 aliphatic heterocycles. The number of Topliss-reactive ketones (excluding diaryl/α,β-unsaturated/α-hetero) is 1. The number of benzene rings is 1. The summed E-state index contributed by atoms with van der Waals surface area (Å²) in [5.74, 6) is 1.29. The van der Waals surface area contributed by atoms with E-state index in [2.05, 4.69) is 25.1 Å². The van der Waals surface area contributed by atoms with Gasteiger partial charge in [0.2, 0.25) is 0 Å². The first-order chi connectivity index (χ1) is 8.19. The van der Waals surface area contributed by atoms with Crippen molar-refractivity contribution in [1.29, 1.82) is 0 Å². The maximum atomic E-state index is 11.2. The van der Waals surface area contributed by atoms with Crippen molar-refractivity contribution in [3.63, 3.8) is 0 Å². The summed E-state index contributed by atoms with van der Waals surface area (Å²) in [6.07, 6.45) is 5.17. The van der Waals surface area contributed by atoms with E-state index in [0.717, 1.165) is 18.6 Å². The average molecular weight is 230 g/mol. The van der Waals surface area contributed by atoms with Crippen LogP contribution in [0.15, 0.2) is 29.8 Å². The van der Waals surface area contributed by atoms with Crippen LogP contribution in [0.2, 0.25) is 0 Å². The number of hydrogen-bond donors (Lipinski definition) is 0. The molecule has 0 amide bonds. The summed E-state index contributed by atoms with van der Waals surface area (Å²) >= 11 is 0. The van der Waals surface area contributed by atoms with Crippen LogP contribution >= 0.6 is 0 Å². The molecule has 0 unspecified atom stereocenters. The van der Waals surface area contributed by atoms with E-state index in [9.17, 15) is 4.79 Å². The Morgan fingerprint density at radius 1 is 1.29 bits per heavy atom. The van der Waals surface area contributed by atoms with Gasteiger partial charge in [0, 0.05) is 12.8 Å². The van der Waals surface area contributed by atoms with Crippen LogP contribution in [0.5, 0.6) is 5.75 Å². The van der Waals surface area contributed by atoms with E-state index in [1.54, 1.807) is 7.11 Å². The molecule has 17 heavy (non-hydrogen) atoms. The Morgan fingerprint density at radius 3 is 2.76 bits per heavy atom. The Morgan fingerprint density at radius 2 is 2.12 bits per heavy atom. The molecule has 2 rings (SSSR count). The highest BCUT2D eigenvalue weighted by Gasteiger charge is 2.12. The SMILES string of the molecule is COc1ccc(C)cc1CC1=CCC(=O)CC1. The number of carbonyl (C=O) groups excluding carboxylic acids is 1. The van der Waals surface area contributed by atoms with E-state index >= 15 is 0 Å². The number of ether oxygens (including phenoxy) is 1. The second-order valence-electron chi connectivity index (χ2n) is 4.60. The number of allylic oxidation sites excluding steroid dienone is 2. The lowest BCUT2D eigenvalue weighted by molar-refractivity contribution is -0.118. The van der Waals surface area contributed by atoms with Crippen LogP contribution in [0.1, 0.15) is 30.4 Å². The molecule has 1 aliphatic carbocycles. The summed E-state index contributed by atoms with van der Waals surface area (Å²) in [6, 6.07) is 6.23. The van der Waals surface area contributed by atoms with Gasteiger partial charge in [-0.25, -0.2) is 0 Å². The first-order valence-corrected chi connectivity index (χ1v) is 6.02. The zero-order valence-electron chi connectivity index (χ0n) is 10.5. The van der Waals surface area contributed by atoms with Gasteiger partial charge in [0.1, 0.15) is 11.5 Å². The monoisotopic (exact) mass is 230 g/mol. The van der Waals surface area contributed by atoms with Crippen LogP contribution in [0.25, 0.3) is 0 Å². The van der Waals surface area contributed by atoms with Crippen molar-refractivity contribution in [3.05, 3.63) is 41.0 Å². The fourth-order valence-electron chi connectivity index (χ4n) is 2.21. The Hall–Kier alpha value is -1.57. The molecular weight excluding hydrogens is 212 g/mol. The van der Waals surface area contributed by atoms with E-state index in [0.29, 0.717) is 18.6 Å². The molecule has 0 atom stereocenters. The molecule has 2 heteroatoms. The zero-order valence-corrected chi connectivity index (χ0v) is 10.5. The third kappa shape index (κ3) is 2.96. The number of rotatable bonds is 3. The minimum atomic E-state index is 0.352.